The van der Waals surface area contributed by atoms with E-state index in [1.165, 1.54) is 18.3 Å². The van der Waals surface area contributed by atoms with E-state index >= 15 is 4.39 Å². The Labute approximate surface area is 149 Å². The van der Waals surface area contributed by atoms with E-state index in [1.54, 1.807) is 19.1 Å². The first-order valence-corrected chi connectivity index (χ1v) is 8.51. The fourth-order valence-electron chi connectivity index (χ4n) is 3.30. The van der Waals surface area contributed by atoms with Crippen molar-refractivity contribution < 1.29 is 18.7 Å². The molecule has 1 N–H and O–H groups in total. The van der Waals surface area contributed by atoms with E-state index in [0.717, 1.165) is 0 Å². The van der Waals surface area contributed by atoms with Crippen LogP contribution in [-0.4, -0.2) is 15.9 Å². The number of aliphatic hydroxyl groups is 1. The number of rotatable bonds is 4. The van der Waals surface area contributed by atoms with Crippen molar-refractivity contribution in [3.8, 4) is 0 Å². The van der Waals surface area contributed by atoms with Crippen molar-refractivity contribution in [1.29, 1.82) is 0 Å². The van der Waals surface area contributed by atoms with Crippen LogP contribution in [0, 0.1) is 12.7 Å². The molecule has 2 aromatic rings. The summed E-state index contributed by atoms with van der Waals surface area (Å²) in [6.07, 6.45) is 0.425. The molecule has 6 heteroatoms. The highest BCUT2D eigenvalue weighted by Crippen LogP contribution is 2.43. The zero-order valence-corrected chi connectivity index (χ0v) is 14.5. The molecule has 0 unspecified atom stereocenters. The second-order valence-electron chi connectivity index (χ2n) is 6.37. The van der Waals surface area contributed by atoms with Gasteiger partial charge in [-0.3, -0.25) is 9.78 Å². The number of benzene rings is 1. The molecule has 0 fully saturated rings. The van der Waals surface area contributed by atoms with Gasteiger partial charge in [-0.2, -0.15) is 0 Å². The van der Waals surface area contributed by atoms with Crippen molar-refractivity contribution in [2.24, 2.45) is 0 Å². The maximum absolute atomic E-state index is 15.5. The molecule has 2 atom stereocenters. The van der Waals surface area contributed by atoms with E-state index in [1.807, 2.05) is 0 Å². The molecule has 3 rings (SSSR count). The number of nitrogens with zero attached hydrogens (tertiary/aromatic N) is 1. The second-order valence-corrected chi connectivity index (χ2v) is 6.78. The van der Waals surface area contributed by atoms with Gasteiger partial charge in [0.1, 0.15) is 5.82 Å². The molecular weight excluding hydrogens is 348 g/mol. The minimum atomic E-state index is -2.21. The van der Waals surface area contributed by atoms with E-state index in [9.17, 15) is 14.3 Å². The second kappa shape index (κ2) is 6.81. The molecule has 0 radical (unpaired) electrons. The Morgan fingerprint density at radius 2 is 2.20 bits per heavy atom. The summed E-state index contributed by atoms with van der Waals surface area (Å²) >= 11 is 6.02. The van der Waals surface area contributed by atoms with E-state index in [0.29, 0.717) is 5.56 Å². The third-order valence-corrected chi connectivity index (χ3v) is 5.12. The first-order chi connectivity index (χ1) is 11.8. The van der Waals surface area contributed by atoms with Crippen molar-refractivity contribution in [2.75, 3.05) is 0 Å². The molecule has 0 aliphatic heterocycles. The van der Waals surface area contributed by atoms with Crippen molar-refractivity contribution in [3.05, 3.63) is 63.7 Å². The van der Waals surface area contributed by atoms with Gasteiger partial charge in [0.05, 0.1) is 11.8 Å². The lowest BCUT2D eigenvalue weighted by Crippen LogP contribution is -2.37. The minimum absolute atomic E-state index is 0.0228. The summed E-state index contributed by atoms with van der Waals surface area (Å²) in [6.45, 7) is 1.61. The number of ketones is 1. The highest BCUT2D eigenvalue weighted by molar-refractivity contribution is 6.31. The number of carbonyl (C=O) groups is 1. The molecule has 1 aliphatic carbocycles. The van der Waals surface area contributed by atoms with E-state index < -0.39 is 23.4 Å². The first-order valence-electron chi connectivity index (χ1n) is 8.13. The average Bonchev–Trinajstić information content (AvgIpc) is 2.61. The highest BCUT2D eigenvalue weighted by Gasteiger charge is 2.45. The van der Waals surface area contributed by atoms with Crippen molar-refractivity contribution in [2.45, 2.75) is 44.4 Å². The SMILES string of the molecule is Cc1ccc(Cl)c(CCC(=O)[C@]2(F)CC[C@H](O)c3ncccc32)c1F. The van der Waals surface area contributed by atoms with Crippen LogP contribution in [0.1, 0.15) is 47.8 Å². The molecular formula is C19H18ClF2NO2. The molecule has 132 valence electrons. The number of carbonyl (C=O) groups excluding carboxylic acids is 1. The zero-order chi connectivity index (χ0) is 18.2. The van der Waals surface area contributed by atoms with Crippen molar-refractivity contribution in [3.63, 3.8) is 0 Å². The van der Waals surface area contributed by atoms with Crippen LogP contribution in [0.3, 0.4) is 0 Å². The Hall–Kier alpha value is -1.85. The first kappa shape index (κ1) is 18.0. The summed E-state index contributed by atoms with van der Waals surface area (Å²) in [5, 5.41) is 10.2. The number of aryl methyl sites for hydroxylation is 1. The summed E-state index contributed by atoms with van der Waals surface area (Å²) in [5.74, 6) is -1.11. The summed E-state index contributed by atoms with van der Waals surface area (Å²) in [5.41, 5.74) is -1.26. The van der Waals surface area contributed by atoms with Crippen LogP contribution in [0.2, 0.25) is 5.02 Å². The molecule has 25 heavy (non-hydrogen) atoms. The van der Waals surface area contributed by atoms with Gasteiger partial charge in [0.2, 0.25) is 0 Å². The van der Waals surface area contributed by atoms with Crippen molar-refractivity contribution in [1.82, 2.24) is 4.98 Å². The Morgan fingerprint density at radius 1 is 1.44 bits per heavy atom. The number of aromatic nitrogens is 1. The highest BCUT2D eigenvalue weighted by atomic mass is 35.5. The van der Waals surface area contributed by atoms with E-state index in [2.05, 4.69) is 4.98 Å². The van der Waals surface area contributed by atoms with Gasteiger partial charge in [0, 0.05) is 28.8 Å². The number of hydrogen-bond acceptors (Lipinski definition) is 3. The fourth-order valence-corrected chi connectivity index (χ4v) is 3.54. The minimum Gasteiger partial charge on any atom is -0.387 e. The maximum atomic E-state index is 15.5. The van der Waals surface area contributed by atoms with Crippen molar-refractivity contribution >= 4 is 17.4 Å². The molecule has 1 aliphatic rings. The predicted molar refractivity (Wildman–Crippen MR) is 90.7 cm³/mol. The van der Waals surface area contributed by atoms with Crippen LogP contribution < -0.4 is 0 Å². The van der Waals surface area contributed by atoms with Crippen LogP contribution in [0.25, 0.3) is 0 Å². The van der Waals surface area contributed by atoms with Gasteiger partial charge < -0.3 is 5.11 Å². The summed E-state index contributed by atoms with van der Waals surface area (Å²) in [6, 6.07) is 6.14. The molecule has 0 bridgehead atoms. The normalized spacial score (nSPS) is 22.5. The Morgan fingerprint density at radius 3 is 2.96 bits per heavy atom. The molecule has 0 saturated carbocycles. The lowest BCUT2D eigenvalue weighted by atomic mass is 9.77. The van der Waals surface area contributed by atoms with E-state index in [4.69, 9.17) is 11.6 Å². The van der Waals surface area contributed by atoms with Crippen LogP contribution in [-0.2, 0) is 16.9 Å². The van der Waals surface area contributed by atoms with Crippen LogP contribution in [0.5, 0.6) is 0 Å². The van der Waals surface area contributed by atoms with Crippen LogP contribution >= 0.6 is 11.6 Å². The zero-order valence-electron chi connectivity index (χ0n) is 13.7. The Kier molecular flexibility index (Phi) is 4.89. The Bertz CT molecular complexity index is 827. The number of halogens is 3. The maximum Gasteiger partial charge on any atom is 0.195 e. The molecule has 1 heterocycles. The summed E-state index contributed by atoms with van der Waals surface area (Å²) in [7, 11) is 0. The topological polar surface area (TPSA) is 50.2 Å². The third kappa shape index (κ3) is 3.18. The van der Waals surface area contributed by atoms with Crippen LogP contribution in [0.4, 0.5) is 8.78 Å². The molecule has 0 saturated heterocycles. The molecule has 0 spiro atoms. The van der Waals surface area contributed by atoms with Gasteiger partial charge >= 0.3 is 0 Å². The predicted octanol–water partition coefficient (Wildman–Crippen LogP) is 4.38. The number of aliphatic hydroxyl groups excluding tert-OH is 1. The van der Waals surface area contributed by atoms with Gasteiger partial charge in [0.25, 0.3) is 0 Å². The van der Waals surface area contributed by atoms with Crippen LogP contribution in [0.15, 0.2) is 30.5 Å². The van der Waals surface area contributed by atoms with E-state index in [-0.39, 0.29) is 47.5 Å². The smallest absolute Gasteiger partial charge is 0.195 e. The number of pyridine rings is 1. The Balaban J connectivity index is 1.85. The number of fused-ring (bicyclic) bond motifs is 1. The standard InChI is InChI=1S/C19H18ClF2NO2/c1-11-4-6-14(20)12(17(11)21)5-7-16(25)19(22)9-8-15(24)18-13(19)3-2-10-23-18/h2-4,6,10,15,24H,5,7-9H2,1H3/t15-,19-/m0/s1. The quantitative estimate of drug-likeness (QED) is 0.874. The number of hydrogen-bond donors (Lipinski definition) is 1. The lowest BCUT2D eigenvalue weighted by Gasteiger charge is -2.32. The van der Waals surface area contributed by atoms with Gasteiger partial charge in [-0.1, -0.05) is 23.7 Å². The molecule has 1 aromatic heterocycles. The third-order valence-electron chi connectivity index (χ3n) is 4.77. The van der Waals surface area contributed by atoms with Gasteiger partial charge in [-0.15, -0.1) is 0 Å². The number of Topliss-reactive ketones (excluding diaryl/α,β-unsaturated/α-hetero) is 1. The largest absolute Gasteiger partial charge is 0.387 e. The fraction of sp³-hybridized carbons (Fsp3) is 0.368. The average molecular weight is 366 g/mol. The van der Waals surface area contributed by atoms with Gasteiger partial charge in [-0.25, -0.2) is 8.78 Å². The lowest BCUT2D eigenvalue weighted by molar-refractivity contribution is -0.133. The molecule has 1 aromatic carbocycles. The summed E-state index contributed by atoms with van der Waals surface area (Å²) < 4.78 is 29.7. The molecule has 0 amide bonds. The van der Waals surface area contributed by atoms with Gasteiger partial charge in [-0.05, 0) is 43.9 Å². The van der Waals surface area contributed by atoms with Gasteiger partial charge in [0.15, 0.2) is 11.5 Å². The number of alkyl halides is 1. The molecule has 3 nitrogen and oxygen atoms in total. The summed E-state index contributed by atoms with van der Waals surface area (Å²) in [4.78, 5) is 16.6. The monoisotopic (exact) mass is 365 g/mol.